The zero-order valence-electron chi connectivity index (χ0n) is 17.0. The van der Waals surface area contributed by atoms with Gasteiger partial charge in [-0.2, -0.15) is 0 Å². The minimum absolute atomic E-state index is 0.0172. The predicted octanol–water partition coefficient (Wildman–Crippen LogP) is 5.86. The second kappa shape index (κ2) is 6.72. The molecule has 0 saturated carbocycles. The molecular weight excluding hydrogens is 382 g/mol. The Labute approximate surface area is 176 Å². The Hall–Kier alpha value is -2.62. The summed E-state index contributed by atoms with van der Waals surface area (Å²) in [4.78, 5) is 15.6. The van der Waals surface area contributed by atoms with E-state index in [2.05, 4.69) is 0 Å². The molecule has 0 fully saturated rings. The van der Waals surface area contributed by atoms with E-state index in [1.807, 2.05) is 80.6 Å². The quantitative estimate of drug-likeness (QED) is 0.592. The smallest absolute Gasteiger partial charge is 0.246 e. The summed E-state index contributed by atoms with van der Waals surface area (Å²) in [6.07, 6.45) is 0. The van der Waals surface area contributed by atoms with Gasteiger partial charge in [0.05, 0.1) is 16.7 Å². The molecule has 1 amide bonds. The Morgan fingerprint density at radius 2 is 1.69 bits per heavy atom. The average Bonchev–Trinajstić information content (AvgIpc) is 2.89. The van der Waals surface area contributed by atoms with Crippen LogP contribution in [0.5, 0.6) is 0 Å². The van der Waals surface area contributed by atoms with Crippen molar-refractivity contribution >= 4 is 28.9 Å². The van der Waals surface area contributed by atoms with Crippen LogP contribution in [0.25, 0.3) is 0 Å². The first-order valence-electron chi connectivity index (χ1n) is 9.67. The Morgan fingerprint density at radius 1 is 1.00 bits per heavy atom. The third-order valence-electron chi connectivity index (χ3n) is 5.80. The first-order valence-corrected chi connectivity index (χ1v) is 10.0. The fraction of sp³-hybridized carbons (Fsp3) is 0.240. The van der Waals surface area contributed by atoms with Crippen LogP contribution in [0.1, 0.15) is 43.0 Å². The molecule has 148 valence electrons. The molecule has 0 radical (unpaired) electrons. The zero-order chi connectivity index (χ0) is 21.0. The number of aryl methyl sites for hydroxylation is 1. The fourth-order valence-electron chi connectivity index (χ4n) is 4.07. The van der Waals surface area contributed by atoms with Gasteiger partial charge in [0, 0.05) is 10.7 Å². The van der Waals surface area contributed by atoms with Crippen LogP contribution in [0.4, 0.5) is 11.4 Å². The highest BCUT2D eigenvalue weighted by Crippen LogP contribution is 2.49. The standard InChI is InChI=1S/C25H24ClNO2/c1-16-6-5-7-20(14-16)27-22-13-12-19(26)15-21(22)25(4,23(27)28)18-10-8-17(9-11-18)24(2,3)29/h5-15,29H,1-4H3. The summed E-state index contributed by atoms with van der Waals surface area (Å²) in [7, 11) is 0. The van der Waals surface area contributed by atoms with E-state index in [9.17, 15) is 9.90 Å². The van der Waals surface area contributed by atoms with Crippen LogP contribution in [-0.4, -0.2) is 11.0 Å². The molecule has 3 aromatic rings. The SMILES string of the molecule is Cc1cccc(N2C(=O)C(C)(c3ccc(C(C)(C)O)cc3)c3cc(Cl)ccc32)c1. The Bertz CT molecular complexity index is 1100. The topological polar surface area (TPSA) is 40.5 Å². The van der Waals surface area contributed by atoms with Gasteiger partial charge in [-0.05, 0) is 80.3 Å². The number of amides is 1. The molecule has 4 heteroatoms. The fourth-order valence-corrected chi connectivity index (χ4v) is 4.24. The van der Waals surface area contributed by atoms with E-state index >= 15 is 0 Å². The summed E-state index contributed by atoms with van der Waals surface area (Å²) >= 11 is 6.33. The molecule has 1 N–H and O–H groups in total. The highest BCUT2D eigenvalue weighted by molar-refractivity contribution is 6.31. The van der Waals surface area contributed by atoms with Crippen molar-refractivity contribution in [1.29, 1.82) is 0 Å². The molecule has 1 unspecified atom stereocenters. The van der Waals surface area contributed by atoms with E-state index in [1.165, 1.54) is 0 Å². The van der Waals surface area contributed by atoms with Crippen molar-refractivity contribution < 1.29 is 9.90 Å². The van der Waals surface area contributed by atoms with E-state index in [1.54, 1.807) is 18.7 Å². The second-order valence-corrected chi connectivity index (χ2v) is 8.84. The summed E-state index contributed by atoms with van der Waals surface area (Å²) in [5, 5.41) is 10.9. The third-order valence-corrected chi connectivity index (χ3v) is 6.03. The number of hydrogen-bond acceptors (Lipinski definition) is 2. The van der Waals surface area contributed by atoms with Crippen LogP contribution < -0.4 is 4.90 Å². The first-order chi connectivity index (χ1) is 13.6. The van der Waals surface area contributed by atoms with Gasteiger partial charge in [-0.3, -0.25) is 9.69 Å². The summed E-state index contributed by atoms with van der Waals surface area (Å²) in [5.41, 5.74) is 3.53. The summed E-state index contributed by atoms with van der Waals surface area (Å²) in [5.74, 6) is -0.0172. The van der Waals surface area contributed by atoms with Crippen molar-refractivity contribution in [3.05, 3.63) is 94.0 Å². The monoisotopic (exact) mass is 405 g/mol. The number of aliphatic hydroxyl groups is 1. The van der Waals surface area contributed by atoms with Gasteiger partial charge in [-0.25, -0.2) is 0 Å². The number of hydrogen-bond donors (Lipinski definition) is 1. The number of halogens is 1. The molecule has 0 bridgehead atoms. The van der Waals surface area contributed by atoms with Crippen molar-refractivity contribution in [2.45, 2.75) is 38.7 Å². The lowest BCUT2D eigenvalue weighted by Gasteiger charge is -2.26. The van der Waals surface area contributed by atoms with Gasteiger partial charge >= 0.3 is 0 Å². The van der Waals surface area contributed by atoms with E-state index in [4.69, 9.17) is 11.6 Å². The maximum atomic E-state index is 13.8. The lowest BCUT2D eigenvalue weighted by molar-refractivity contribution is -0.120. The summed E-state index contributed by atoms with van der Waals surface area (Å²) in [6.45, 7) is 7.46. The molecule has 3 nitrogen and oxygen atoms in total. The molecule has 1 aliphatic rings. The number of carbonyl (C=O) groups excluding carboxylic acids is 1. The van der Waals surface area contributed by atoms with Crippen LogP contribution in [0.15, 0.2) is 66.7 Å². The number of fused-ring (bicyclic) bond motifs is 1. The van der Waals surface area contributed by atoms with Gasteiger partial charge in [0.25, 0.3) is 0 Å². The lowest BCUT2D eigenvalue weighted by Crippen LogP contribution is -2.36. The maximum Gasteiger partial charge on any atom is 0.246 e. The zero-order valence-corrected chi connectivity index (χ0v) is 17.8. The number of anilines is 2. The number of rotatable bonds is 3. The van der Waals surface area contributed by atoms with Crippen LogP contribution in [-0.2, 0) is 15.8 Å². The van der Waals surface area contributed by atoms with E-state index in [0.717, 1.165) is 33.6 Å². The van der Waals surface area contributed by atoms with Gasteiger partial charge in [-0.15, -0.1) is 0 Å². The molecule has 29 heavy (non-hydrogen) atoms. The lowest BCUT2D eigenvalue weighted by atomic mass is 9.76. The second-order valence-electron chi connectivity index (χ2n) is 8.40. The molecule has 1 heterocycles. The van der Waals surface area contributed by atoms with Gasteiger partial charge in [-0.1, -0.05) is 48.0 Å². The minimum atomic E-state index is -0.937. The van der Waals surface area contributed by atoms with E-state index in [0.29, 0.717) is 5.02 Å². The van der Waals surface area contributed by atoms with Gasteiger partial charge in [0.15, 0.2) is 0 Å². The predicted molar refractivity (Wildman–Crippen MR) is 118 cm³/mol. The molecule has 3 aromatic carbocycles. The Kier molecular flexibility index (Phi) is 4.56. The minimum Gasteiger partial charge on any atom is -0.386 e. The van der Waals surface area contributed by atoms with Crippen molar-refractivity contribution in [3.8, 4) is 0 Å². The molecule has 0 aromatic heterocycles. The number of benzene rings is 3. The first kappa shape index (κ1) is 19.7. The van der Waals surface area contributed by atoms with E-state index < -0.39 is 11.0 Å². The Balaban J connectivity index is 1.90. The van der Waals surface area contributed by atoms with Crippen molar-refractivity contribution in [2.75, 3.05) is 4.90 Å². The average molecular weight is 406 g/mol. The molecule has 0 aliphatic carbocycles. The number of carbonyl (C=O) groups is 1. The third kappa shape index (κ3) is 3.15. The van der Waals surface area contributed by atoms with Crippen LogP contribution in [0.3, 0.4) is 0 Å². The molecule has 0 saturated heterocycles. The maximum absolute atomic E-state index is 13.8. The van der Waals surface area contributed by atoms with Crippen LogP contribution in [0.2, 0.25) is 5.02 Å². The van der Waals surface area contributed by atoms with Crippen molar-refractivity contribution in [3.63, 3.8) is 0 Å². The highest BCUT2D eigenvalue weighted by Gasteiger charge is 2.49. The highest BCUT2D eigenvalue weighted by atomic mass is 35.5. The molecule has 1 atom stereocenters. The largest absolute Gasteiger partial charge is 0.386 e. The van der Waals surface area contributed by atoms with Crippen molar-refractivity contribution in [2.24, 2.45) is 0 Å². The summed E-state index contributed by atoms with van der Waals surface area (Å²) in [6, 6.07) is 21.2. The molecule has 1 aliphatic heterocycles. The molecule has 0 spiro atoms. The normalized spacial score (nSPS) is 18.8. The van der Waals surface area contributed by atoms with Gasteiger partial charge in [0.2, 0.25) is 5.91 Å². The van der Waals surface area contributed by atoms with E-state index in [-0.39, 0.29) is 5.91 Å². The van der Waals surface area contributed by atoms with Gasteiger partial charge < -0.3 is 5.11 Å². The molecular formula is C25H24ClNO2. The number of nitrogens with zero attached hydrogens (tertiary/aromatic N) is 1. The summed E-state index contributed by atoms with van der Waals surface area (Å²) < 4.78 is 0. The van der Waals surface area contributed by atoms with Crippen molar-refractivity contribution in [1.82, 2.24) is 0 Å². The van der Waals surface area contributed by atoms with Gasteiger partial charge in [0.1, 0.15) is 0 Å². The van der Waals surface area contributed by atoms with Crippen LogP contribution in [0, 0.1) is 6.92 Å². The Morgan fingerprint density at radius 3 is 2.31 bits per heavy atom. The molecule has 4 rings (SSSR count). The van der Waals surface area contributed by atoms with Crippen LogP contribution >= 0.6 is 11.6 Å².